The minimum absolute atomic E-state index is 0.0678. The van der Waals surface area contributed by atoms with Crippen LogP contribution >= 0.6 is 0 Å². The van der Waals surface area contributed by atoms with Crippen molar-refractivity contribution in [3.63, 3.8) is 0 Å². The molecule has 0 N–H and O–H groups in total. The number of likely N-dealkylation sites (tertiary alicyclic amines) is 2. The molecule has 3 aliphatic heterocycles. The molecule has 7 nitrogen and oxygen atoms in total. The van der Waals surface area contributed by atoms with Crippen molar-refractivity contribution in [3.05, 3.63) is 28.8 Å². The van der Waals surface area contributed by atoms with Crippen LogP contribution < -0.4 is 4.74 Å². The molecule has 196 valence electrons. The number of carbonyl (C=O) groups excluding carboxylic acids is 1. The Labute approximate surface area is 215 Å². The van der Waals surface area contributed by atoms with Crippen LogP contribution in [0.2, 0.25) is 0 Å². The Morgan fingerprint density at radius 3 is 2.33 bits per heavy atom. The smallest absolute Gasteiger partial charge is 0.311 e. The fraction of sp³-hybridized carbons (Fsp3) is 0.724. The van der Waals surface area contributed by atoms with Crippen LogP contribution in [-0.4, -0.2) is 66.6 Å². The molecule has 0 radical (unpaired) electrons. The first-order valence-corrected chi connectivity index (χ1v) is 14.1. The average molecular weight is 496 g/mol. The van der Waals surface area contributed by atoms with E-state index in [4.69, 9.17) is 14.3 Å². The molecule has 1 spiro atoms. The maximum Gasteiger partial charge on any atom is 0.311 e. The van der Waals surface area contributed by atoms with Crippen LogP contribution in [0.4, 0.5) is 0 Å². The summed E-state index contributed by atoms with van der Waals surface area (Å²) in [6.07, 6.45) is 7.78. The zero-order valence-electron chi connectivity index (χ0n) is 22.2. The van der Waals surface area contributed by atoms with E-state index in [0.29, 0.717) is 13.2 Å². The zero-order chi connectivity index (χ0) is 24.9. The Morgan fingerprint density at radius 1 is 1.06 bits per heavy atom. The molecule has 0 aromatic heterocycles. The minimum Gasteiger partial charge on any atom is -0.494 e. The van der Waals surface area contributed by atoms with Crippen LogP contribution in [0, 0.1) is 5.41 Å². The first kappa shape index (κ1) is 24.1. The topological polar surface area (TPSA) is 63.6 Å². The lowest BCUT2D eigenvalue weighted by Crippen LogP contribution is -2.61. The van der Waals surface area contributed by atoms with Gasteiger partial charge in [-0.1, -0.05) is 11.2 Å². The third kappa shape index (κ3) is 4.59. The van der Waals surface area contributed by atoms with Crippen molar-refractivity contribution in [1.29, 1.82) is 0 Å². The molecule has 2 saturated heterocycles. The molecule has 0 bridgehead atoms. The van der Waals surface area contributed by atoms with E-state index in [0.717, 1.165) is 75.4 Å². The van der Waals surface area contributed by atoms with Gasteiger partial charge in [0.05, 0.1) is 25.0 Å². The van der Waals surface area contributed by atoms with Crippen LogP contribution in [0.15, 0.2) is 17.3 Å². The fourth-order valence-corrected chi connectivity index (χ4v) is 6.30. The van der Waals surface area contributed by atoms with Crippen LogP contribution in [0.3, 0.4) is 0 Å². The molecule has 7 heteroatoms. The lowest BCUT2D eigenvalue weighted by atomic mass is 9.80. The molecular formula is C29H41N3O4. The van der Waals surface area contributed by atoms with Crippen LogP contribution in [0.5, 0.6) is 5.75 Å². The summed E-state index contributed by atoms with van der Waals surface area (Å²) >= 11 is 0. The molecule has 5 aliphatic rings. The van der Waals surface area contributed by atoms with Gasteiger partial charge in [-0.25, -0.2) is 0 Å². The normalized spacial score (nSPS) is 24.8. The van der Waals surface area contributed by atoms with Crippen molar-refractivity contribution in [1.82, 2.24) is 9.80 Å². The van der Waals surface area contributed by atoms with Crippen molar-refractivity contribution in [2.45, 2.75) is 89.7 Å². The van der Waals surface area contributed by atoms with Crippen LogP contribution in [-0.2, 0) is 20.9 Å². The summed E-state index contributed by atoms with van der Waals surface area (Å²) in [5.41, 5.74) is 3.89. The molecule has 2 saturated carbocycles. The van der Waals surface area contributed by atoms with Crippen molar-refractivity contribution in [2.75, 3.05) is 39.4 Å². The summed E-state index contributed by atoms with van der Waals surface area (Å²) in [4.78, 5) is 23.2. The molecule has 4 fully saturated rings. The number of ether oxygens (including phenoxy) is 2. The molecule has 3 heterocycles. The molecule has 36 heavy (non-hydrogen) atoms. The highest BCUT2D eigenvalue weighted by Gasteiger charge is 2.51. The molecule has 0 unspecified atom stereocenters. The first-order valence-electron chi connectivity index (χ1n) is 14.1. The number of hydrogen-bond acceptors (Lipinski definition) is 7. The van der Waals surface area contributed by atoms with Gasteiger partial charge in [-0.3, -0.25) is 9.69 Å². The Morgan fingerprint density at radius 2 is 1.72 bits per heavy atom. The number of oxime groups is 1. The van der Waals surface area contributed by atoms with E-state index in [-0.39, 0.29) is 17.0 Å². The monoisotopic (exact) mass is 495 g/mol. The highest BCUT2D eigenvalue weighted by Crippen LogP contribution is 2.51. The maximum absolute atomic E-state index is 12.4. The Balaban J connectivity index is 1.05. The summed E-state index contributed by atoms with van der Waals surface area (Å²) in [6.45, 7) is 11.5. The third-order valence-electron chi connectivity index (χ3n) is 8.84. The number of carbonyl (C=O) groups is 1. The molecular weight excluding hydrogens is 454 g/mol. The van der Waals surface area contributed by atoms with Crippen molar-refractivity contribution < 1.29 is 19.1 Å². The van der Waals surface area contributed by atoms with Gasteiger partial charge in [-0.15, -0.1) is 0 Å². The van der Waals surface area contributed by atoms with E-state index in [1.54, 1.807) is 11.1 Å². The lowest BCUT2D eigenvalue weighted by Gasteiger charge is -2.46. The van der Waals surface area contributed by atoms with Crippen molar-refractivity contribution in [3.8, 4) is 5.75 Å². The zero-order valence-corrected chi connectivity index (χ0v) is 22.2. The standard InChI is InChI=1S/C29H41N3O4/c1-4-34-25-15-24(21-8-9-21)23(20-6-7-20)14-22(25)17-31-18-29(19-31)16-26(30-36-29)32-12-10-28(3,11-13-32)27(33)35-5-2/h14-15,20-21H,4-13,16-19H2,1-3H3. The molecule has 0 amide bonds. The second kappa shape index (κ2) is 9.23. The minimum atomic E-state index is -0.385. The van der Waals surface area contributed by atoms with E-state index in [9.17, 15) is 4.79 Å². The first-order chi connectivity index (χ1) is 17.4. The van der Waals surface area contributed by atoms with Gasteiger partial charge in [0.25, 0.3) is 0 Å². The second-order valence-electron chi connectivity index (χ2n) is 11.9. The van der Waals surface area contributed by atoms with Gasteiger partial charge in [0.1, 0.15) is 11.6 Å². The fourth-order valence-electron chi connectivity index (χ4n) is 6.30. The van der Waals surface area contributed by atoms with Gasteiger partial charge in [-0.05, 0) is 88.3 Å². The predicted molar refractivity (Wildman–Crippen MR) is 138 cm³/mol. The van der Waals surface area contributed by atoms with Crippen LogP contribution in [0.1, 0.15) is 94.2 Å². The molecule has 6 rings (SSSR count). The SMILES string of the molecule is CCOC(=O)C1(C)CCN(C2=NOC3(C2)CN(Cc2cc(C4CC4)c(C4CC4)cc2OCC)C3)CC1. The predicted octanol–water partition coefficient (Wildman–Crippen LogP) is 4.79. The van der Waals surface area contributed by atoms with Gasteiger partial charge in [-0.2, -0.15) is 0 Å². The van der Waals surface area contributed by atoms with E-state index < -0.39 is 0 Å². The van der Waals surface area contributed by atoms with E-state index >= 15 is 0 Å². The number of benzene rings is 1. The lowest BCUT2D eigenvalue weighted by molar-refractivity contribution is -0.156. The van der Waals surface area contributed by atoms with Gasteiger partial charge < -0.3 is 19.2 Å². The number of amidine groups is 1. The number of rotatable bonds is 8. The number of hydrogen-bond donors (Lipinski definition) is 0. The summed E-state index contributed by atoms with van der Waals surface area (Å²) in [5.74, 6) is 3.57. The Bertz CT molecular complexity index is 1030. The molecule has 1 aromatic carbocycles. The largest absolute Gasteiger partial charge is 0.494 e. The maximum atomic E-state index is 12.4. The van der Waals surface area contributed by atoms with Crippen LogP contribution in [0.25, 0.3) is 0 Å². The van der Waals surface area contributed by atoms with Gasteiger partial charge in [0, 0.05) is 38.3 Å². The van der Waals surface area contributed by atoms with Crippen molar-refractivity contribution >= 4 is 11.8 Å². The summed E-state index contributed by atoms with van der Waals surface area (Å²) in [7, 11) is 0. The summed E-state index contributed by atoms with van der Waals surface area (Å²) in [5, 5.41) is 4.51. The average Bonchev–Trinajstić information content (AvgIpc) is 3.78. The molecule has 1 aromatic rings. The van der Waals surface area contributed by atoms with Gasteiger partial charge in [0.15, 0.2) is 5.60 Å². The Kier molecular flexibility index (Phi) is 6.17. The van der Waals surface area contributed by atoms with E-state index in [2.05, 4.69) is 34.0 Å². The number of esters is 1. The molecule has 0 atom stereocenters. The van der Waals surface area contributed by atoms with E-state index in [1.165, 1.54) is 31.2 Å². The number of piperidine rings is 1. The summed E-state index contributed by atoms with van der Waals surface area (Å²) < 4.78 is 11.4. The number of nitrogens with zero attached hydrogens (tertiary/aromatic N) is 3. The summed E-state index contributed by atoms with van der Waals surface area (Å²) in [6, 6.07) is 4.83. The second-order valence-corrected chi connectivity index (χ2v) is 11.9. The molecule has 2 aliphatic carbocycles. The van der Waals surface area contributed by atoms with E-state index in [1.807, 2.05) is 13.8 Å². The third-order valence-corrected chi connectivity index (χ3v) is 8.84. The Hall–Kier alpha value is -2.28. The van der Waals surface area contributed by atoms with Gasteiger partial charge >= 0.3 is 5.97 Å². The highest BCUT2D eigenvalue weighted by atomic mass is 16.7. The van der Waals surface area contributed by atoms with Gasteiger partial charge in [0.2, 0.25) is 0 Å². The highest BCUT2D eigenvalue weighted by molar-refractivity contribution is 5.85. The van der Waals surface area contributed by atoms with Crippen molar-refractivity contribution in [2.24, 2.45) is 10.6 Å². The quantitative estimate of drug-likeness (QED) is 0.483.